The Bertz CT molecular complexity index is 779. The van der Waals surface area contributed by atoms with Crippen molar-refractivity contribution in [1.82, 2.24) is 19.6 Å². The van der Waals surface area contributed by atoms with Gasteiger partial charge in [-0.05, 0) is 37.4 Å². The Kier molecular flexibility index (Phi) is 4.36. The normalized spacial score (nSPS) is 18.9. The van der Waals surface area contributed by atoms with E-state index in [0.717, 1.165) is 43.2 Å². The lowest BCUT2D eigenvalue weighted by molar-refractivity contribution is 0.0924. The van der Waals surface area contributed by atoms with Crippen LogP contribution in [0, 0.1) is 5.92 Å². The van der Waals surface area contributed by atoms with Crippen molar-refractivity contribution >= 4 is 22.2 Å². The number of nitrogens with zero attached hydrogens (tertiary/aromatic N) is 3. The highest BCUT2D eigenvalue weighted by atomic mass is 32.1. The van der Waals surface area contributed by atoms with Gasteiger partial charge in [0.2, 0.25) is 0 Å². The van der Waals surface area contributed by atoms with E-state index in [9.17, 15) is 4.79 Å². The van der Waals surface area contributed by atoms with E-state index < -0.39 is 0 Å². The molecule has 1 saturated heterocycles. The number of amides is 1. The first-order valence-corrected chi connectivity index (χ1v) is 9.11. The van der Waals surface area contributed by atoms with Crippen LogP contribution in [0.25, 0.3) is 4.96 Å². The fourth-order valence-corrected chi connectivity index (χ4v) is 3.95. The molecule has 0 bridgehead atoms. The predicted molar refractivity (Wildman–Crippen MR) is 92.1 cm³/mol. The summed E-state index contributed by atoms with van der Waals surface area (Å²) in [6.45, 7) is 3.61. The van der Waals surface area contributed by atoms with Gasteiger partial charge in [0.15, 0.2) is 4.96 Å². The Balaban J connectivity index is 1.30. The highest BCUT2D eigenvalue weighted by molar-refractivity contribution is 7.15. The number of nitrogens with one attached hydrogen (secondary N) is 1. The van der Waals surface area contributed by atoms with Gasteiger partial charge in [-0.15, -0.1) is 11.3 Å². The van der Waals surface area contributed by atoms with Crippen LogP contribution in [0.3, 0.4) is 0 Å². The lowest BCUT2D eigenvalue weighted by Crippen LogP contribution is -2.40. The molecule has 0 spiro atoms. The fourth-order valence-electron chi connectivity index (χ4n) is 3.25. The van der Waals surface area contributed by atoms with Gasteiger partial charge < -0.3 is 9.73 Å². The standard InChI is InChI=1S/C17H20N4O2S/c22-16(15-12-21-6-8-24-17(21)19-15)18-9-13-3-1-5-20(10-13)11-14-4-2-7-23-14/h2,4,6-8,12-13H,1,3,5,9-11H2,(H,18,22)/t13-/m0/s1. The number of hydrogen-bond donors (Lipinski definition) is 1. The molecule has 4 rings (SSSR count). The molecule has 0 radical (unpaired) electrons. The molecular formula is C17H20N4O2S. The number of thiazole rings is 1. The molecule has 0 unspecified atom stereocenters. The van der Waals surface area contributed by atoms with E-state index in [1.54, 1.807) is 12.5 Å². The largest absolute Gasteiger partial charge is 0.468 e. The summed E-state index contributed by atoms with van der Waals surface area (Å²) in [4.78, 5) is 19.9. The van der Waals surface area contributed by atoms with Crippen molar-refractivity contribution in [3.63, 3.8) is 0 Å². The van der Waals surface area contributed by atoms with Crippen molar-refractivity contribution in [3.05, 3.63) is 47.6 Å². The quantitative estimate of drug-likeness (QED) is 0.773. The third-order valence-electron chi connectivity index (χ3n) is 4.44. The summed E-state index contributed by atoms with van der Waals surface area (Å²) in [5, 5.41) is 5.00. The predicted octanol–water partition coefficient (Wildman–Crippen LogP) is 2.63. The van der Waals surface area contributed by atoms with E-state index in [1.807, 2.05) is 28.1 Å². The van der Waals surface area contributed by atoms with Crippen LogP contribution in [0.4, 0.5) is 0 Å². The summed E-state index contributed by atoms with van der Waals surface area (Å²) in [7, 11) is 0. The first-order chi connectivity index (χ1) is 11.8. The number of furan rings is 1. The zero-order valence-electron chi connectivity index (χ0n) is 13.4. The second-order valence-corrected chi connectivity index (χ2v) is 7.12. The second kappa shape index (κ2) is 6.78. The maximum absolute atomic E-state index is 12.3. The number of carbonyl (C=O) groups is 1. The van der Waals surface area contributed by atoms with E-state index in [-0.39, 0.29) is 5.91 Å². The summed E-state index contributed by atoms with van der Waals surface area (Å²) >= 11 is 1.53. The fraction of sp³-hybridized carbons (Fsp3) is 0.412. The number of rotatable bonds is 5. The van der Waals surface area contributed by atoms with Gasteiger partial charge in [0.1, 0.15) is 11.5 Å². The Morgan fingerprint density at radius 3 is 3.29 bits per heavy atom. The first kappa shape index (κ1) is 15.4. The molecule has 1 N–H and O–H groups in total. The molecule has 24 heavy (non-hydrogen) atoms. The van der Waals surface area contributed by atoms with Gasteiger partial charge in [0.05, 0.1) is 12.8 Å². The minimum atomic E-state index is -0.0888. The van der Waals surface area contributed by atoms with Gasteiger partial charge in [-0.3, -0.25) is 14.1 Å². The van der Waals surface area contributed by atoms with Crippen LogP contribution in [0.15, 0.2) is 40.6 Å². The summed E-state index contributed by atoms with van der Waals surface area (Å²) in [5.41, 5.74) is 0.491. The van der Waals surface area contributed by atoms with Crippen molar-refractivity contribution in [3.8, 4) is 0 Å². The lowest BCUT2D eigenvalue weighted by Gasteiger charge is -2.32. The van der Waals surface area contributed by atoms with Gasteiger partial charge >= 0.3 is 0 Å². The van der Waals surface area contributed by atoms with E-state index in [0.29, 0.717) is 18.2 Å². The molecule has 1 aliphatic rings. The van der Waals surface area contributed by atoms with Gasteiger partial charge in [-0.1, -0.05) is 0 Å². The molecule has 3 aromatic rings. The lowest BCUT2D eigenvalue weighted by atomic mass is 9.98. The third kappa shape index (κ3) is 3.37. The molecule has 0 aliphatic carbocycles. The molecular weight excluding hydrogens is 324 g/mol. The number of hydrogen-bond acceptors (Lipinski definition) is 5. The minimum Gasteiger partial charge on any atom is -0.468 e. The first-order valence-electron chi connectivity index (χ1n) is 8.23. The molecule has 1 aliphatic heterocycles. The van der Waals surface area contributed by atoms with Crippen LogP contribution in [0.2, 0.25) is 0 Å². The average molecular weight is 344 g/mol. The monoisotopic (exact) mass is 344 g/mol. The van der Waals surface area contributed by atoms with Crippen LogP contribution in [0.5, 0.6) is 0 Å². The molecule has 1 amide bonds. The van der Waals surface area contributed by atoms with E-state index in [4.69, 9.17) is 4.42 Å². The van der Waals surface area contributed by atoms with Crippen LogP contribution < -0.4 is 5.32 Å². The van der Waals surface area contributed by atoms with Crippen molar-refractivity contribution in [2.45, 2.75) is 19.4 Å². The number of aromatic nitrogens is 2. The van der Waals surface area contributed by atoms with Crippen LogP contribution >= 0.6 is 11.3 Å². The maximum Gasteiger partial charge on any atom is 0.271 e. The number of piperidine rings is 1. The SMILES string of the molecule is O=C(NC[C@@H]1CCCN(Cc2ccco2)C1)c1cn2ccsc2n1. The topological polar surface area (TPSA) is 62.8 Å². The average Bonchev–Trinajstić information content (AvgIpc) is 3.29. The second-order valence-electron chi connectivity index (χ2n) is 6.25. The summed E-state index contributed by atoms with van der Waals surface area (Å²) in [6.07, 6.45) is 7.71. The highest BCUT2D eigenvalue weighted by Crippen LogP contribution is 2.18. The molecule has 6 nitrogen and oxygen atoms in total. The number of carbonyl (C=O) groups excluding carboxylic acids is 1. The van der Waals surface area contributed by atoms with Gasteiger partial charge in [-0.25, -0.2) is 4.98 Å². The van der Waals surface area contributed by atoms with E-state index >= 15 is 0 Å². The maximum atomic E-state index is 12.3. The zero-order valence-corrected chi connectivity index (χ0v) is 14.2. The number of likely N-dealkylation sites (tertiary alicyclic amines) is 1. The van der Waals surface area contributed by atoms with Crippen LogP contribution in [0.1, 0.15) is 29.1 Å². The molecule has 4 heterocycles. The molecule has 7 heteroatoms. The Morgan fingerprint density at radius 2 is 2.46 bits per heavy atom. The van der Waals surface area contributed by atoms with E-state index in [1.165, 1.54) is 11.3 Å². The summed E-state index contributed by atoms with van der Waals surface area (Å²) in [6, 6.07) is 3.93. The van der Waals surface area contributed by atoms with Gasteiger partial charge in [-0.2, -0.15) is 0 Å². The van der Waals surface area contributed by atoms with Gasteiger partial charge in [0.25, 0.3) is 5.91 Å². The van der Waals surface area contributed by atoms with Crippen molar-refractivity contribution < 1.29 is 9.21 Å². The Labute approximate surface area is 144 Å². The molecule has 0 saturated carbocycles. The smallest absolute Gasteiger partial charge is 0.271 e. The zero-order chi connectivity index (χ0) is 16.4. The van der Waals surface area contributed by atoms with Crippen molar-refractivity contribution in [2.75, 3.05) is 19.6 Å². The summed E-state index contributed by atoms with van der Waals surface area (Å²) in [5.74, 6) is 1.38. The van der Waals surface area contributed by atoms with Crippen LogP contribution in [-0.4, -0.2) is 39.8 Å². The minimum absolute atomic E-state index is 0.0888. The number of fused-ring (bicyclic) bond motifs is 1. The van der Waals surface area contributed by atoms with E-state index in [2.05, 4.69) is 15.2 Å². The third-order valence-corrected chi connectivity index (χ3v) is 5.21. The highest BCUT2D eigenvalue weighted by Gasteiger charge is 2.21. The van der Waals surface area contributed by atoms with Crippen LogP contribution in [-0.2, 0) is 6.54 Å². The van der Waals surface area contributed by atoms with Crippen molar-refractivity contribution in [1.29, 1.82) is 0 Å². The molecule has 3 aromatic heterocycles. The Morgan fingerprint density at radius 1 is 1.50 bits per heavy atom. The molecule has 1 atom stereocenters. The Hall–Kier alpha value is -2.12. The summed E-state index contributed by atoms with van der Waals surface area (Å²) < 4.78 is 7.31. The van der Waals surface area contributed by atoms with Gasteiger partial charge in [0, 0.05) is 30.9 Å². The molecule has 0 aromatic carbocycles. The van der Waals surface area contributed by atoms with Crippen molar-refractivity contribution in [2.24, 2.45) is 5.92 Å². The molecule has 1 fully saturated rings. The number of imidazole rings is 1. The molecule has 126 valence electrons.